The van der Waals surface area contributed by atoms with Crippen molar-refractivity contribution >= 4 is 52.2 Å². The fraction of sp³-hybridized carbons (Fsp3) is 0.179. The Morgan fingerprint density at radius 2 is 1.76 bits per heavy atom. The number of hydrogen-bond donors (Lipinski definition) is 1. The van der Waals surface area contributed by atoms with Crippen LogP contribution in [-0.2, 0) is 16.2 Å². The summed E-state index contributed by atoms with van der Waals surface area (Å²) in [4.78, 5) is 39.6. The lowest BCUT2D eigenvalue weighted by Crippen LogP contribution is -2.54. The number of hydrogen-bond acceptors (Lipinski definition) is 5. The van der Waals surface area contributed by atoms with Crippen molar-refractivity contribution in [3.8, 4) is 11.5 Å². The van der Waals surface area contributed by atoms with Crippen molar-refractivity contribution in [2.24, 2.45) is 0 Å². The first-order valence-corrected chi connectivity index (χ1v) is 12.6. The van der Waals surface area contributed by atoms with Gasteiger partial charge in [-0.1, -0.05) is 24.3 Å². The second-order valence-electron chi connectivity index (χ2n) is 8.36. The van der Waals surface area contributed by atoms with Gasteiger partial charge in [-0.3, -0.25) is 14.9 Å². The number of urea groups is 1. The number of barbiturate groups is 1. The Bertz CT molecular complexity index is 1420. The van der Waals surface area contributed by atoms with Crippen molar-refractivity contribution in [1.29, 1.82) is 0 Å². The molecule has 190 valence electrons. The summed E-state index contributed by atoms with van der Waals surface area (Å²) in [5, 5.41) is 2.26. The highest BCUT2D eigenvalue weighted by Gasteiger charge is 2.37. The summed E-state index contributed by atoms with van der Waals surface area (Å²) in [7, 11) is 0. The Hall–Kier alpha value is -3.73. The summed E-state index contributed by atoms with van der Waals surface area (Å²) in [5.41, 5.74) is 3.21. The molecule has 0 bridgehead atoms. The topological polar surface area (TPSA) is 84.9 Å². The number of carbonyl (C=O) groups excluding carboxylic acids is 3. The number of nitrogens with zero attached hydrogens (tertiary/aromatic N) is 1. The maximum absolute atomic E-state index is 13.4. The zero-order valence-corrected chi connectivity index (χ0v) is 22.6. The van der Waals surface area contributed by atoms with E-state index < -0.39 is 17.8 Å². The Morgan fingerprint density at radius 1 is 1.03 bits per heavy atom. The van der Waals surface area contributed by atoms with Gasteiger partial charge in [0.1, 0.15) is 18.0 Å². The van der Waals surface area contributed by atoms with Crippen molar-refractivity contribution in [2.45, 2.75) is 27.4 Å². The number of rotatable bonds is 7. The zero-order chi connectivity index (χ0) is 26.7. The van der Waals surface area contributed by atoms with Crippen LogP contribution < -0.4 is 19.7 Å². The van der Waals surface area contributed by atoms with E-state index in [4.69, 9.17) is 9.47 Å². The van der Waals surface area contributed by atoms with Crippen LogP contribution in [0.25, 0.3) is 6.08 Å². The average molecular weight is 614 g/mol. The van der Waals surface area contributed by atoms with E-state index in [1.54, 1.807) is 36.4 Å². The third-order valence-corrected chi connectivity index (χ3v) is 6.66. The average Bonchev–Trinajstić information content (AvgIpc) is 2.85. The van der Waals surface area contributed by atoms with Gasteiger partial charge in [0, 0.05) is 0 Å². The molecule has 3 aromatic carbocycles. The predicted octanol–water partition coefficient (Wildman–Crippen LogP) is 5.69. The number of anilines is 1. The molecule has 0 radical (unpaired) electrons. The first-order chi connectivity index (χ1) is 17.7. The lowest BCUT2D eigenvalue weighted by atomic mass is 10.0. The number of aryl methyl sites for hydroxylation is 1. The first-order valence-electron chi connectivity index (χ1n) is 11.5. The molecule has 0 atom stereocenters. The Labute approximate surface area is 227 Å². The molecule has 4 amide bonds. The molecule has 1 fully saturated rings. The van der Waals surface area contributed by atoms with Gasteiger partial charge in [0.15, 0.2) is 11.5 Å². The summed E-state index contributed by atoms with van der Waals surface area (Å²) in [6.45, 7) is 6.08. The van der Waals surface area contributed by atoms with Crippen molar-refractivity contribution in [2.75, 3.05) is 11.5 Å². The van der Waals surface area contributed by atoms with Gasteiger partial charge >= 0.3 is 6.03 Å². The maximum atomic E-state index is 13.4. The molecule has 1 aliphatic heterocycles. The van der Waals surface area contributed by atoms with Gasteiger partial charge in [-0.2, -0.15) is 0 Å². The minimum atomic E-state index is -0.796. The van der Waals surface area contributed by atoms with Gasteiger partial charge in [-0.05, 0) is 102 Å². The van der Waals surface area contributed by atoms with Crippen molar-refractivity contribution in [3.05, 3.63) is 91.8 Å². The fourth-order valence-corrected chi connectivity index (χ4v) is 4.61. The third-order valence-electron chi connectivity index (χ3n) is 5.86. The molecule has 0 unspecified atom stereocenters. The zero-order valence-electron chi connectivity index (χ0n) is 20.4. The van der Waals surface area contributed by atoms with Crippen molar-refractivity contribution in [1.82, 2.24) is 5.32 Å². The highest BCUT2D eigenvalue weighted by molar-refractivity contribution is 14.1. The van der Waals surface area contributed by atoms with Gasteiger partial charge in [0.05, 0.1) is 15.9 Å². The summed E-state index contributed by atoms with van der Waals surface area (Å²) in [6, 6.07) is 13.9. The molecule has 9 heteroatoms. The highest BCUT2D eigenvalue weighted by Crippen LogP contribution is 2.36. The van der Waals surface area contributed by atoms with E-state index in [0.29, 0.717) is 32.9 Å². The second kappa shape index (κ2) is 11.1. The number of imide groups is 2. The standard InChI is InChI=1S/C28H24FIN2O5/c1-4-36-24-14-19(13-22(30)25(24)37-15-18-8-10-20(29)11-9-18)12-21-26(33)31-28(35)32(27(21)34)23-7-5-6-16(2)17(23)3/h5-14H,4,15H2,1-3H3,(H,31,33,35)/b21-12+. The lowest BCUT2D eigenvalue weighted by Gasteiger charge is -2.28. The quantitative estimate of drug-likeness (QED) is 0.210. The van der Waals surface area contributed by atoms with Crippen LogP contribution in [0.3, 0.4) is 0 Å². The van der Waals surface area contributed by atoms with Crippen LogP contribution in [0.1, 0.15) is 29.2 Å². The maximum Gasteiger partial charge on any atom is 0.335 e. The number of carbonyl (C=O) groups is 3. The largest absolute Gasteiger partial charge is 0.490 e. The third kappa shape index (κ3) is 5.66. The number of amides is 4. The number of nitrogens with one attached hydrogen (secondary N) is 1. The minimum absolute atomic E-state index is 0.182. The molecule has 1 N–H and O–H groups in total. The van der Waals surface area contributed by atoms with E-state index in [2.05, 4.69) is 27.9 Å². The molecular weight excluding hydrogens is 590 g/mol. The van der Waals surface area contributed by atoms with E-state index in [1.165, 1.54) is 18.2 Å². The molecule has 0 aliphatic carbocycles. The van der Waals surface area contributed by atoms with Gasteiger partial charge < -0.3 is 9.47 Å². The van der Waals surface area contributed by atoms with Gasteiger partial charge in [0.25, 0.3) is 11.8 Å². The molecule has 4 rings (SSSR count). The Morgan fingerprint density at radius 3 is 2.46 bits per heavy atom. The molecule has 0 aromatic heterocycles. The van der Waals surface area contributed by atoms with Crippen LogP contribution in [0.4, 0.5) is 14.9 Å². The van der Waals surface area contributed by atoms with Crippen LogP contribution >= 0.6 is 22.6 Å². The van der Waals surface area contributed by atoms with E-state index >= 15 is 0 Å². The fourth-order valence-electron chi connectivity index (χ4n) is 3.83. The lowest BCUT2D eigenvalue weighted by molar-refractivity contribution is -0.122. The monoisotopic (exact) mass is 614 g/mol. The van der Waals surface area contributed by atoms with Crippen LogP contribution in [-0.4, -0.2) is 24.5 Å². The van der Waals surface area contributed by atoms with Gasteiger partial charge in [-0.25, -0.2) is 14.1 Å². The van der Waals surface area contributed by atoms with Crippen LogP contribution in [0.15, 0.2) is 60.2 Å². The Balaban J connectivity index is 1.67. The summed E-state index contributed by atoms with van der Waals surface area (Å²) < 4.78 is 25.6. The molecule has 1 saturated heterocycles. The molecule has 3 aromatic rings. The molecule has 7 nitrogen and oxygen atoms in total. The number of halogens is 2. The SMILES string of the molecule is CCOc1cc(/C=C2\C(=O)NC(=O)N(c3cccc(C)c3C)C2=O)cc(I)c1OCc1ccc(F)cc1. The highest BCUT2D eigenvalue weighted by atomic mass is 127. The molecular formula is C28H24FIN2O5. The van der Waals surface area contributed by atoms with Gasteiger partial charge in [-0.15, -0.1) is 0 Å². The van der Waals surface area contributed by atoms with E-state index in [9.17, 15) is 18.8 Å². The van der Waals surface area contributed by atoms with Crippen molar-refractivity contribution < 1.29 is 28.2 Å². The summed E-state index contributed by atoms with van der Waals surface area (Å²) >= 11 is 2.08. The van der Waals surface area contributed by atoms with E-state index in [1.807, 2.05) is 26.8 Å². The van der Waals surface area contributed by atoms with E-state index in [0.717, 1.165) is 21.6 Å². The molecule has 0 spiro atoms. The molecule has 37 heavy (non-hydrogen) atoms. The minimum Gasteiger partial charge on any atom is -0.490 e. The van der Waals surface area contributed by atoms with E-state index in [-0.39, 0.29) is 18.0 Å². The second-order valence-corrected chi connectivity index (χ2v) is 9.52. The number of ether oxygens (including phenoxy) is 2. The molecule has 0 saturated carbocycles. The summed E-state index contributed by atoms with van der Waals surface area (Å²) in [5.74, 6) is -0.909. The number of benzene rings is 3. The van der Waals surface area contributed by atoms with Crippen LogP contribution in [0, 0.1) is 23.2 Å². The van der Waals surface area contributed by atoms with Crippen molar-refractivity contribution in [3.63, 3.8) is 0 Å². The van der Waals surface area contributed by atoms with Crippen LogP contribution in [0.5, 0.6) is 11.5 Å². The summed E-state index contributed by atoms with van der Waals surface area (Å²) in [6.07, 6.45) is 1.43. The Kier molecular flexibility index (Phi) is 7.91. The molecule has 1 heterocycles. The van der Waals surface area contributed by atoms with Gasteiger partial charge in [0.2, 0.25) is 0 Å². The normalized spacial score (nSPS) is 14.7. The predicted molar refractivity (Wildman–Crippen MR) is 146 cm³/mol. The molecule has 1 aliphatic rings. The first kappa shape index (κ1) is 26.3. The van der Waals surface area contributed by atoms with Crippen LogP contribution in [0.2, 0.25) is 0 Å². The smallest absolute Gasteiger partial charge is 0.335 e.